The van der Waals surface area contributed by atoms with Crippen LogP contribution in [-0.4, -0.2) is 31.1 Å². The van der Waals surface area contributed by atoms with Crippen molar-refractivity contribution in [2.75, 3.05) is 13.2 Å². The van der Waals surface area contributed by atoms with Crippen molar-refractivity contribution in [2.45, 2.75) is 59.5 Å². The average molecular weight is 258 g/mol. The van der Waals surface area contributed by atoms with Crippen molar-refractivity contribution >= 4 is 11.8 Å². The average Bonchev–Trinajstić information content (AvgIpc) is 2.29. The molecule has 0 bridgehead atoms. The molecule has 0 aromatic heterocycles. The van der Waals surface area contributed by atoms with E-state index in [1.54, 1.807) is 0 Å². The Bertz CT molecular complexity index is 246. The van der Waals surface area contributed by atoms with E-state index in [1.807, 2.05) is 27.7 Å². The van der Waals surface area contributed by atoms with E-state index in [2.05, 4.69) is 0 Å². The van der Waals surface area contributed by atoms with Crippen molar-refractivity contribution in [1.29, 1.82) is 0 Å². The number of Topliss-reactive ketones (excluding diaryl/α,β-unsaturated/α-hetero) is 1. The monoisotopic (exact) mass is 258 g/mol. The Morgan fingerprint density at radius 1 is 0.944 bits per heavy atom. The molecule has 0 aliphatic heterocycles. The molecular formula is C14H26O4. The van der Waals surface area contributed by atoms with Gasteiger partial charge in [-0.2, -0.15) is 0 Å². The third kappa shape index (κ3) is 10.3. The van der Waals surface area contributed by atoms with Crippen molar-refractivity contribution < 1.29 is 19.1 Å². The maximum atomic E-state index is 11.3. The third-order valence-corrected chi connectivity index (χ3v) is 2.47. The van der Waals surface area contributed by atoms with E-state index in [-0.39, 0.29) is 36.6 Å². The first-order valence-corrected chi connectivity index (χ1v) is 6.73. The van der Waals surface area contributed by atoms with E-state index in [0.29, 0.717) is 13.2 Å². The molecule has 0 spiro atoms. The second-order valence-corrected chi connectivity index (χ2v) is 4.97. The summed E-state index contributed by atoms with van der Waals surface area (Å²) in [4.78, 5) is 22.6. The zero-order chi connectivity index (χ0) is 14.0. The van der Waals surface area contributed by atoms with Crippen LogP contribution < -0.4 is 0 Å². The lowest BCUT2D eigenvalue weighted by atomic mass is 10.1. The number of hydrogen-bond acceptors (Lipinski definition) is 4. The Morgan fingerprint density at radius 3 is 2.11 bits per heavy atom. The molecular weight excluding hydrogens is 232 g/mol. The standard InChI is InChI=1S/C14H26O4/c1-11(2)13(15)7-8-14(16)18-10-6-5-9-17-12(3)4/h11-12H,5-10H2,1-4H3. The number of rotatable bonds is 10. The Morgan fingerprint density at radius 2 is 1.56 bits per heavy atom. The minimum atomic E-state index is -0.284. The summed E-state index contributed by atoms with van der Waals surface area (Å²) < 4.78 is 10.4. The quantitative estimate of drug-likeness (QED) is 0.446. The van der Waals surface area contributed by atoms with Gasteiger partial charge in [0.25, 0.3) is 0 Å². The van der Waals surface area contributed by atoms with Crippen LogP contribution in [0.3, 0.4) is 0 Å². The maximum absolute atomic E-state index is 11.3. The normalized spacial score (nSPS) is 11.0. The zero-order valence-electron chi connectivity index (χ0n) is 12.0. The number of carbonyl (C=O) groups is 2. The Balaban J connectivity index is 3.40. The molecule has 18 heavy (non-hydrogen) atoms. The summed E-state index contributed by atoms with van der Waals surface area (Å²) in [5.41, 5.74) is 0. The molecule has 4 heteroatoms. The highest BCUT2D eigenvalue weighted by molar-refractivity contribution is 5.84. The molecule has 0 fully saturated rings. The molecule has 0 aliphatic rings. The number of ether oxygens (including phenoxy) is 2. The van der Waals surface area contributed by atoms with Gasteiger partial charge in [-0.05, 0) is 26.7 Å². The molecule has 0 heterocycles. The summed E-state index contributed by atoms with van der Waals surface area (Å²) in [6.45, 7) is 8.76. The van der Waals surface area contributed by atoms with Crippen LogP contribution in [0.4, 0.5) is 0 Å². The summed E-state index contributed by atoms with van der Waals surface area (Å²) >= 11 is 0. The molecule has 0 saturated carbocycles. The van der Waals surface area contributed by atoms with Gasteiger partial charge >= 0.3 is 5.97 Å². The summed E-state index contributed by atoms with van der Waals surface area (Å²) in [7, 11) is 0. The van der Waals surface area contributed by atoms with E-state index in [0.717, 1.165) is 12.8 Å². The minimum Gasteiger partial charge on any atom is -0.466 e. The van der Waals surface area contributed by atoms with E-state index < -0.39 is 0 Å². The number of unbranched alkanes of at least 4 members (excludes halogenated alkanes) is 1. The number of ketones is 1. The molecule has 0 rings (SSSR count). The predicted octanol–water partition coefficient (Wildman–Crippen LogP) is 2.74. The topological polar surface area (TPSA) is 52.6 Å². The second kappa shape index (κ2) is 10.1. The third-order valence-electron chi connectivity index (χ3n) is 2.47. The number of esters is 1. The van der Waals surface area contributed by atoms with Crippen LogP contribution in [0.25, 0.3) is 0 Å². The maximum Gasteiger partial charge on any atom is 0.306 e. The van der Waals surface area contributed by atoms with Crippen LogP contribution in [0.15, 0.2) is 0 Å². The number of carbonyl (C=O) groups excluding carboxylic acids is 2. The van der Waals surface area contributed by atoms with Gasteiger partial charge < -0.3 is 9.47 Å². The molecule has 0 radical (unpaired) electrons. The van der Waals surface area contributed by atoms with Gasteiger partial charge in [-0.3, -0.25) is 9.59 Å². The second-order valence-electron chi connectivity index (χ2n) is 4.97. The fourth-order valence-electron chi connectivity index (χ4n) is 1.30. The Kier molecular flexibility index (Phi) is 9.56. The first-order valence-electron chi connectivity index (χ1n) is 6.73. The van der Waals surface area contributed by atoms with E-state index in [4.69, 9.17) is 9.47 Å². The van der Waals surface area contributed by atoms with Gasteiger partial charge in [0, 0.05) is 18.9 Å². The Labute approximate surface area is 110 Å². The SMILES string of the molecule is CC(C)OCCCCOC(=O)CCC(=O)C(C)C. The van der Waals surface area contributed by atoms with Crippen LogP contribution in [0, 0.1) is 5.92 Å². The van der Waals surface area contributed by atoms with Crippen LogP contribution in [0.5, 0.6) is 0 Å². The molecule has 0 saturated heterocycles. The van der Waals surface area contributed by atoms with Crippen LogP contribution in [0.1, 0.15) is 53.4 Å². The van der Waals surface area contributed by atoms with Crippen LogP contribution >= 0.6 is 0 Å². The Hall–Kier alpha value is -0.900. The van der Waals surface area contributed by atoms with Crippen LogP contribution in [-0.2, 0) is 19.1 Å². The molecule has 106 valence electrons. The van der Waals surface area contributed by atoms with E-state index in [9.17, 15) is 9.59 Å². The molecule has 0 amide bonds. The highest BCUT2D eigenvalue weighted by Gasteiger charge is 2.10. The van der Waals surface area contributed by atoms with Crippen molar-refractivity contribution in [2.24, 2.45) is 5.92 Å². The van der Waals surface area contributed by atoms with Gasteiger partial charge in [-0.1, -0.05) is 13.8 Å². The predicted molar refractivity (Wildman–Crippen MR) is 70.4 cm³/mol. The first kappa shape index (κ1) is 17.1. The molecule has 0 atom stereocenters. The van der Waals surface area contributed by atoms with Gasteiger partial charge in [-0.25, -0.2) is 0 Å². The lowest BCUT2D eigenvalue weighted by molar-refractivity contribution is -0.145. The van der Waals surface area contributed by atoms with E-state index in [1.165, 1.54) is 0 Å². The summed E-state index contributed by atoms with van der Waals surface area (Å²) in [6, 6.07) is 0. The lowest BCUT2D eigenvalue weighted by Gasteiger charge is -2.08. The fourth-order valence-corrected chi connectivity index (χ4v) is 1.30. The molecule has 0 aromatic rings. The van der Waals surface area contributed by atoms with Crippen molar-refractivity contribution in [3.8, 4) is 0 Å². The van der Waals surface area contributed by atoms with Crippen molar-refractivity contribution in [3.63, 3.8) is 0 Å². The first-order chi connectivity index (χ1) is 8.43. The van der Waals surface area contributed by atoms with Gasteiger partial charge in [0.1, 0.15) is 5.78 Å². The van der Waals surface area contributed by atoms with E-state index >= 15 is 0 Å². The van der Waals surface area contributed by atoms with Crippen molar-refractivity contribution in [1.82, 2.24) is 0 Å². The van der Waals surface area contributed by atoms with Crippen LogP contribution in [0.2, 0.25) is 0 Å². The minimum absolute atomic E-state index is 0.00835. The van der Waals surface area contributed by atoms with Gasteiger partial charge in [0.2, 0.25) is 0 Å². The largest absolute Gasteiger partial charge is 0.466 e. The molecule has 4 nitrogen and oxygen atoms in total. The van der Waals surface area contributed by atoms with Gasteiger partial charge in [0.15, 0.2) is 0 Å². The smallest absolute Gasteiger partial charge is 0.306 e. The zero-order valence-corrected chi connectivity index (χ0v) is 12.0. The highest BCUT2D eigenvalue weighted by Crippen LogP contribution is 2.03. The number of hydrogen-bond donors (Lipinski definition) is 0. The summed E-state index contributed by atoms with van der Waals surface area (Å²) in [5.74, 6) is -0.183. The van der Waals surface area contributed by atoms with Gasteiger partial charge in [-0.15, -0.1) is 0 Å². The molecule has 0 aromatic carbocycles. The summed E-state index contributed by atoms with van der Waals surface area (Å²) in [5, 5.41) is 0. The molecule has 0 N–H and O–H groups in total. The van der Waals surface area contributed by atoms with Gasteiger partial charge in [0.05, 0.1) is 19.1 Å². The van der Waals surface area contributed by atoms with Crippen molar-refractivity contribution in [3.05, 3.63) is 0 Å². The lowest BCUT2D eigenvalue weighted by Crippen LogP contribution is -2.12. The molecule has 0 unspecified atom stereocenters. The highest BCUT2D eigenvalue weighted by atomic mass is 16.5. The molecule has 0 aliphatic carbocycles. The summed E-state index contributed by atoms with van der Waals surface area (Å²) in [6.07, 6.45) is 2.41. The fraction of sp³-hybridized carbons (Fsp3) is 0.857.